The summed E-state index contributed by atoms with van der Waals surface area (Å²) < 4.78 is 26.7. The van der Waals surface area contributed by atoms with Crippen molar-refractivity contribution in [1.29, 1.82) is 0 Å². The third kappa shape index (κ3) is 9.80. The topological polar surface area (TPSA) is 136 Å². The van der Waals surface area contributed by atoms with E-state index in [2.05, 4.69) is 43.0 Å². The zero-order chi connectivity index (χ0) is 46.0. The van der Waals surface area contributed by atoms with Crippen LogP contribution >= 0.6 is 0 Å². The monoisotopic (exact) mass is 898 g/mol. The van der Waals surface area contributed by atoms with E-state index in [0.29, 0.717) is 66.7 Å². The highest BCUT2D eigenvalue weighted by atomic mass is 16.7. The number of hydrogen-bond acceptors (Lipinski definition) is 10. The summed E-state index contributed by atoms with van der Waals surface area (Å²) in [6, 6.07) is 25.0. The fraction of sp³-hybridized carbons (Fsp3) is 0.473. The third-order valence-corrected chi connectivity index (χ3v) is 14.6. The molecule has 11 nitrogen and oxygen atoms in total. The number of fused-ring (bicyclic) bond motifs is 3. The van der Waals surface area contributed by atoms with Crippen LogP contribution in [-0.4, -0.2) is 78.9 Å². The van der Waals surface area contributed by atoms with Crippen LogP contribution in [0, 0.1) is 23.7 Å². The summed E-state index contributed by atoms with van der Waals surface area (Å²) in [6.45, 7) is 4.81. The fourth-order valence-electron chi connectivity index (χ4n) is 11.6. The van der Waals surface area contributed by atoms with Crippen molar-refractivity contribution in [2.45, 2.75) is 108 Å². The number of carbonyl (C=O) groups is 2. The average molecular weight is 899 g/mol. The number of ether oxygens (including phenoxy) is 4. The minimum atomic E-state index is -1.39. The van der Waals surface area contributed by atoms with Crippen molar-refractivity contribution in [3.8, 4) is 23.0 Å². The second kappa shape index (κ2) is 21.9. The Kier molecular flexibility index (Phi) is 15.6. The number of carbonyl (C=O) groups excluding carboxylic acids is 2. The first-order valence-corrected chi connectivity index (χ1v) is 24.0. The van der Waals surface area contributed by atoms with Crippen molar-refractivity contribution in [1.82, 2.24) is 4.90 Å². The van der Waals surface area contributed by atoms with E-state index in [9.17, 15) is 15.0 Å². The van der Waals surface area contributed by atoms with E-state index in [1.165, 1.54) is 20.0 Å². The maximum atomic E-state index is 15.3. The molecule has 4 aliphatic rings. The number of hydrogen-bond donors (Lipinski definition) is 2. The highest BCUT2D eigenvalue weighted by Crippen LogP contribution is 2.62. The smallest absolute Gasteiger partial charge is 0.239 e. The quantitative estimate of drug-likeness (QED) is 0.0342. The summed E-state index contributed by atoms with van der Waals surface area (Å²) in [5, 5.41) is 27.0. The van der Waals surface area contributed by atoms with Gasteiger partial charge in [-0.2, -0.15) is 0 Å². The summed E-state index contributed by atoms with van der Waals surface area (Å²) in [7, 11) is 3.10. The number of allylic oxidation sites excluding steroid dienone is 1. The Balaban J connectivity index is 1.32. The van der Waals surface area contributed by atoms with Gasteiger partial charge in [0.05, 0.1) is 30.9 Å². The van der Waals surface area contributed by atoms with Crippen LogP contribution in [0.15, 0.2) is 108 Å². The second-order valence-electron chi connectivity index (χ2n) is 18.4. The first-order chi connectivity index (χ1) is 32.4. The number of aldehydes is 1. The van der Waals surface area contributed by atoms with Crippen LogP contribution in [-0.2, 0) is 20.9 Å². The van der Waals surface area contributed by atoms with Gasteiger partial charge in [-0.05, 0) is 108 Å². The van der Waals surface area contributed by atoms with E-state index in [-0.39, 0.29) is 43.5 Å². The molecule has 0 bridgehead atoms. The lowest BCUT2D eigenvalue weighted by atomic mass is 9.55. The molecule has 6 atom stereocenters. The lowest BCUT2D eigenvalue weighted by Gasteiger charge is -2.60. The normalized spacial score (nSPS) is 23.9. The molecule has 0 spiro atoms. The number of methoxy groups -OCH3 is 1. The molecule has 6 unspecified atom stereocenters. The molecule has 2 N–H and O–H groups in total. The van der Waals surface area contributed by atoms with E-state index >= 15 is 4.79 Å². The Morgan fingerprint density at radius 1 is 0.924 bits per heavy atom. The van der Waals surface area contributed by atoms with Gasteiger partial charge in [0.1, 0.15) is 36.1 Å². The molecule has 1 heterocycles. The van der Waals surface area contributed by atoms with Gasteiger partial charge in [0.25, 0.3) is 0 Å². The number of rotatable bonds is 22. The molecule has 0 aromatic heterocycles. The predicted molar refractivity (Wildman–Crippen MR) is 256 cm³/mol. The number of nitrogens with zero attached hydrogens (tertiary/aromatic N) is 2. The summed E-state index contributed by atoms with van der Waals surface area (Å²) in [4.78, 5) is 35.1. The fourth-order valence-corrected chi connectivity index (χ4v) is 11.6. The van der Waals surface area contributed by atoms with Gasteiger partial charge in [0.2, 0.25) is 11.7 Å². The van der Waals surface area contributed by atoms with Crippen LogP contribution in [0.5, 0.6) is 23.0 Å². The molecule has 3 aliphatic carbocycles. The summed E-state index contributed by atoms with van der Waals surface area (Å²) in [5.41, 5.74) is 4.08. The molecule has 66 heavy (non-hydrogen) atoms. The molecule has 1 aliphatic heterocycles. The zero-order valence-corrected chi connectivity index (χ0v) is 38.6. The van der Waals surface area contributed by atoms with E-state index in [1.54, 1.807) is 31.4 Å². The molecule has 2 saturated carbocycles. The molecule has 11 heteroatoms. The number of unbranched alkanes of at least 4 members (excludes halogenated alkanes) is 2. The van der Waals surface area contributed by atoms with Gasteiger partial charge in [0.15, 0.2) is 6.29 Å². The van der Waals surface area contributed by atoms with Gasteiger partial charge >= 0.3 is 0 Å². The van der Waals surface area contributed by atoms with Crippen molar-refractivity contribution >= 4 is 28.7 Å². The SMILES string of the molecule is C=CCOC12Oc3ccc(Oc4ccc(OC)c(C=O)c4)cc3C3C(CCCCO)C(CCCCO)C=C(C(=NOC)CC1N(Cc1cccc4ccccc14)C(=O)CCC1CCCC1)C32. The lowest BCUT2D eigenvalue weighted by molar-refractivity contribution is -0.258. The molecule has 350 valence electrons. The largest absolute Gasteiger partial charge is 0.496 e. The van der Waals surface area contributed by atoms with Crippen molar-refractivity contribution in [3.05, 3.63) is 120 Å². The van der Waals surface area contributed by atoms with Crippen LogP contribution in [0.25, 0.3) is 10.8 Å². The number of amides is 1. The van der Waals surface area contributed by atoms with E-state index in [1.807, 2.05) is 35.2 Å². The Bertz CT molecular complexity index is 2380. The Morgan fingerprint density at radius 3 is 2.44 bits per heavy atom. The highest BCUT2D eigenvalue weighted by molar-refractivity contribution is 6.03. The Hall–Kier alpha value is -5.49. The van der Waals surface area contributed by atoms with Gasteiger partial charge in [0, 0.05) is 44.1 Å². The Labute approximate surface area is 389 Å². The maximum absolute atomic E-state index is 15.3. The van der Waals surface area contributed by atoms with Gasteiger partial charge in [-0.3, -0.25) is 9.59 Å². The van der Waals surface area contributed by atoms with Crippen molar-refractivity contribution < 1.29 is 43.6 Å². The van der Waals surface area contributed by atoms with Gasteiger partial charge in [-0.15, -0.1) is 6.58 Å². The highest BCUT2D eigenvalue weighted by Gasteiger charge is 2.65. The summed E-state index contributed by atoms with van der Waals surface area (Å²) >= 11 is 0. The van der Waals surface area contributed by atoms with Crippen LogP contribution in [0.1, 0.15) is 111 Å². The number of aliphatic hydroxyl groups excluding tert-OH is 2. The van der Waals surface area contributed by atoms with Crippen LogP contribution in [0.4, 0.5) is 0 Å². The second-order valence-corrected chi connectivity index (χ2v) is 18.4. The van der Waals surface area contributed by atoms with Gasteiger partial charge in [-0.25, -0.2) is 0 Å². The summed E-state index contributed by atoms with van der Waals surface area (Å²) in [6.07, 6.45) is 15.7. The van der Waals surface area contributed by atoms with Gasteiger partial charge in [-0.1, -0.05) is 98.3 Å². The molecular weight excluding hydrogens is 833 g/mol. The average Bonchev–Trinajstić information content (AvgIpc) is 3.87. The standard InChI is InChI=1S/C55H66N2O9/c1-4-30-64-55-51(57(52(61)27-22-37-14-5-6-15-37)35-40-19-13-18-38-16-7-8-20-44(38)40)34-48(56-63-3)46-32-39(17-9-11-28-58)45(21-10-12-29-59)53(54(46)55)47-33-43(24-26-50(47)66-55)65-42-23-25-49(62-2)41(31-42)36-60/h4,7-8,13,16,18-20,23-26,31-33,36-37,39,45,51,53-54,58-59H,1,5-6,9-12,14-15,17,21-22,27-30,34-35H2,2-3H3. The first kappa shape index (κ1) is 47.0. The maximum Gasteiger partial charge on any atom is 0.239 e. The zero-order valence-electron chi connectivity index (χ0n) is 38.6. The van der Waals surface area contributed by atoms with Crippen molar-refractivity contribution in [2.24, 2.45) is 28.8 Å². The molecule has 4 aromatic carbocycles. The molecular formula is C55H66N2O9. The third-order valence-electron chi connectivity index (χ3n) is 14.6. The molecule has 0 saturated heterocycles. The Morgan fingerprint density at radius 2 is 1.68 bits per heavy atom. The van der Waals surface area contributed by atoms with E-state index in [0.717, 1.165) is 84.4 Å². The summed E-state index contributed by atoms with van der Waals surface area (Å²) in [5.74, 6) is 0.770. The predicted octanol–water partition coefficient (Wildman–Crippen LogP) is 10.7. The van der Waals surface area contributed by atoms with E-state index in [4.69, 9.17) is 28.9 Å². The van der Waals surface area contributed by atoms with Crippen LogP contribution < -0.4 is 14.2 Å². The van der Waals surface area contributed by atoms with Crippen LogP contribution in [0.2, 0.25) is 0 Å². The lowest BCUT2D eigenvalue weighted by Crippen LogP contribution is -2.70. The molecule has 4 aromatic rings. The molecule has 1 amide bonds. The number of oxime groups is 1. The number of benzene rings is 4. The van der Waals surface area contributed by atoms with Crippen molar-refractivity contribution in [2.75, 3.05) is 34.0 Å². The molecule has 2 fully saturated rings. The minimum Gasteiger partial charge on any atom is -0.496 e. The van der Waals surface area contributed by atoms with E-state index < -0.39 is 17.7 Å². The number of aliphatic hydroxyl groups is 2. The minimum absolute atomic E-state index is 0.0448. The van der Waals surface area contributed by atoms with Gasteiger partial charge < -0.3 is 38.9 Å². The molecule has 8 rings (SSSR count). The van der Waals surface area contributed by atoms with Crippen molar-refractivity contribution in [3.63, 3.8) is 0 Å². The first-order valence-electron chi connectivity index (χ1n) is 24.0. The molecule has 0 radical (unpaired) electrons. The van der Waals surface area contributed by atoms with Crippen LogP contribution in [0.3, 0.4) is 0 Å².